The molecule has 4 fully saturated rings. The van der Waals surface area contributed by atoms with Crippen LogP contribution in [0.1, 0.15) is 91.2 Å². The van der Waals surface area contributed by atoms with Gasteiger partial charge in [0.05, 0.1) is 12.1 Å². The van der Waals surface area contributed by atoms with E-state index in [1.165, 1.54) is 30.5 Å². The van der Waals surface area contributed by atoms with Crippen molar-refractivity contribution in [3.05, 3.63) is 71.5 Å². The van der Waals surface area contributed by atoms with Gasteiger partial charge in [0, 0.05) is 50.5 Å². The van der Waals surface area contributed by atoms with E-state index in [0.717, 1.165) is 88.6 Å². The summed E-state index contributed by atoms with van der Waals surface area (Å²) in [6, 6.07) is 16.9. The van der Waals surface area contributed by atoms with E-state index < -0.39 is 5.91 Å². The fraction of sp³-hybridized carbons (Fsp3) is 0.500. The zero-order chi connectivity index (χ0) is 33.7. The molecule has 4 aliphatic rings. The molecule has 0 radical (unpaired) electrons. The molecule has 1 aromatic heterocycles. The molecule has 3 aromatic rings. The van der Waals surface area contributed by atoms with Crippen molar-refractivity contribution in [2.75, 3.05) is 60.9 Å². The van der Waals surface area contributed by atoms with E-state index in [1.54, 1.807) is 6.20 Å². The highest BCUT2D eigenvalue weighted by Crippen LogP contribution is 2.33. The molecule has 11 heteroatoms. The Morgan fingerprint density at radius 2 is 1.51 bits per heavy atom. The van der Waals surface area contributed by atoms with Crippen LogP contribution in [0, 0.1) is 5.92 Å². The largest absolute Gasteiger partial charge is 0.372 e. The maximum atomic E-state index is 12.3. The third-order valence-electron chi connectivity index (χ3n) is 10.9. The van der Waals surface area contributed by atoms with E-state index in [4.69, 9.17) is 10.7 Å². The lowest BCUT2D eigenvalue weighted by Crippen LogP contribution is -2.41. The number of imide groups is 1. The molecule has 5 heterocycles. The molecule has 2 aromatic carbocycles. The predicted molar refractivity (Wildman–Crippen MR) is 191 cm³/mol. The Labute approximate surface area is 288 Å². The lowest BCUT2D eigenvalue weighted by atomic mass is 9.88. The second-order valence-corrected chi connectivity index (χ2v) is 14.2. The molecule has 4 saturated heterocycles. The lowest BCUT2D eigenvalue weighted by molar-refractivity contribution is -0.134. The van der Waals surface area contributed by atoms with Crippen LogP contribution in [0.5, 0.6) is 0 Å². The van der Waals surface area contributed by atoms with Crippen molar-refractivity contribution in [3.63, 3.8) is 0 Å². The normalized spacial score (nSPS) is 21.4. The van der Waals surface area contributed by atoms with Crippen molar-refractivity contribution < 1.29 is 14.4 Å². The van der Waals surface area contributed by atoms with Gasteiger partial charge in [-0.15, -0.1) is 0 Å². The molecule has 0 bridgehead atoms. The Kier molecular flexibility index (Phi) is 10.1. The Bertz CT molecular complexity index is 1620. The van der Waals surface area contributed by atoms with Gasteiger partial charge in [-0.05, 0) is 112 Å². The maximum Gasteiger partial charge on any atom is 0.271 e. The van der Waals surface area contributed by atoms with Crippen molar-refractivity contribution in [1.29, 1.82) is 0 Å². The van der Waals surface area contributed by atoms with Crippen LogP contribution >= 0.6 is 0 Å². The minimum absolute atomic E-state index is 0.156. The molecule has 0 spiro atoms. The first-order chi connectivity index (χ1) is 23.9. The number of likely N-dealkylation sites (tertiary alicyclic amines) is 1. The maximum absolute atomic E-state index is 12.3. The Morgan fingerprint density at radius 3 is 2.18 bits per heavy atom. The first-order valence-electron chi connectivity index (χ1n) is 18.1. The van der Waals surface area contributed by atoms with Gasteiger partial charge in [0.2, 0.25) is 11.8 Å². The predicted octanol–water partition coefficient (Wildman–Crippen LogP) is 4.93. The average molecular weight is 665 g/mol. The summed E-state index contributed by atoms with van der Waals surface area (Å²) in [5.41, 5.74) is 10.2. The number of primary amides is 1. The molecule has 0 aliphatic carbocycles. The number of nitrogens with zero attached hydrogens (tertiary/aromatic N) is 5. The molecule has 49 heavy (non-hydrogen) atoms. The molecular formula is C38H48N8O3. The number of amides is 3. The molecular weight excluding hydrogens is 616 g/mol. The zero-order valence-corrected chi connectivity index (χ0v) is 28.3. The third-order valence-corrected chi connectivity index (χ3v) is 10.9. The number of nitrogens with one attached hydrogen (secondary N) is 2. The number of benzene rings is 2. The summed E-state index contributed by atoms with van der Waals surface area (Å²) in [4.78, 5) is 52.3. The first-order valence-corrected chi connectivity index (χ1v) is 18.1. The van der Waals surface area contributed by atoms with Crippen LogP contribution in [0.2, 0.25) is 0 Å². The van der Waals surface area contributed by atoms with Crippen LogP contribution < -0.4 is 26.2 Å². The SMILES string of the molecule is NC(=O)c1ncc(N2CCCCC2)nc1Nc1ccc(C2CCN(CC3CCN(c4ccc(C5CCC(=O)NC5=O)cc4)CC3)CC2)cc1. The quantitative estimate of drug-likeness (QED) is 0.272. The van der Waals surface area contributed by atoms with E-state index in [9.17, 15) is 14.4 Å². The molecule has 3 amide bonds. The standard InChI is InChI=1S/C38H48N8O3/c39-36(48)35-37(42-33(24-40-35)46-18-2-1-3-19-46)41-30-8-4-27(5-9-30)28-16-20-44(21-17-28)25-26-14-22-45(23-15-26)31-10-6-29(7-11-31)32-12-13-34(47)43-38(32)49/h4-11,24,26,28,32H,1-3,12-23,25H2,(H2,39,48)(H,41,42)(H,43,47,49). The van der Waals surface area contributed by atoms with Gasteiger partial charge in [-0.2, -0.15) is 0 Å². The molecule has 1 atom stereocenters. The van der Waals surface area contributed by atoms with Gasteiger partial charge in [0.25, 0.3) is 5.91 Å². The van der Waals surface area contributed by atoms with Gasteiger partial charge in [-0.1, -0.05) is 24.3 Å². The summed E-state index contributed by atoms with van der Waals surface area (Å²) in [6.45, 7) is 7.40. The first kappa shape index (κ1) is 33.0. The summed E-state index contributed by atoms with van der Waals surface area (Å²) in [5.74, 6) is 1.26. The van der Waals surface area contributed by atoms with Crippen molar-refractivity contribution in [1.82, 2.24) is 20.2 Å². The minimum atomic E-state index is -0.590. The number of carbonyl (C=O) groups is 3. The van der Waals surface area contributed by atoms with Crippen molar-refractivity contribution in [2.24, 2.45) is 11.7 Å². The second-order valence-electron chi connectivity index (χ2n) is 14.2. The van der Waals surface area contributed by atoms with Gasteiger partial charge in [-0.3, -0.25) is 19.7 Å². The molecule has 11 nitrogen and oxygen atoms in total. The fourth-order valence-electron chi connectivity index (χ4n) is 8.01. The Balaban J connectivity index is 0.868. The molecule has 258 valence electrons. The number of anilines is 4. The number of aromatic nitrogens is 2. The van der Waals surface area contributed by atoms with Crippen LogP contribution in [-0.2, 0) is 9.59 Å². The van der Waals surface area contributed by atoms with Crippen LogP contribution in [0.4, 0.5) is 23.0 Å². The highest BCUT2D eigenvalue weighted by Gasteiger charge is 2.29. The summed E-state index contributed by atoms with van der Waals surface area (Å²) in [6.07, 6.45) is 10.8. The summed E-state index contributed by atoms with van der Waals surface area (Å²) < 4.78 is 0. The molecule has 1 unspecified atom stereocenters. The van der Waals surface area contributed by atoms with E-state index in [1.807, 2.05) is 0 Å². The lowest BCUT2D eigenvalue weighted by Gasteiger charge is -2.38. The van der Waals surface area contributed by atoms with Crippen LogP contribution in [0.15, 0.2) is 54.7 Å². The van der Waals surface area contributed by atoms with E-state index in [2.05, 4.69) is 78.8 Å². The number of rotatable bonds is 9. The minimum Gasteiger partial charge on any atom is -0.372 e. The van der Waals surface area contributed by atoms with Crippen LogP contribution in [0.3, 0.4) is 0 Å². The Morgan fingerprint density at radius 1 is 0.816 bits per heavy atom. The van der Waals surface area contributed by atoms with Crippen molar-refractivity contribution >= 4 is 40.7 Å². The van der Waals surface area contributed by atoms with Crippen molar-refractivity contribution in [2.45, 2.75) is 69.6 Å². The number of hydrogen-bond acceptors (Lipinski definition) is 9. The number of hydrogen-bond donors (Lipinski definition) is 3. The third kappa shape index (κ3) is 7.88. The monoisotopic (exact) mass is 664 g/mol. The molecule has 7 rings (SSSR count). The molecule has 0 saturated carbocycles. The number of nitrogens with two attached hydrogens (primary N) is 1. The van der Waals surface area contributed by atoms with E-state index >= 15 is 0 Å². The Hall–Kier alpha value is -4.51. The highest BCUT2D eigenvalue weighted by molar-refractivity contribution is 6.01. The van der Waals surface area contributed by atoms with Crippen LogP contribution in [-0.4, -0.2) is 78.4 Å². The summed E-state index contributed by atoms with van der Waals surface area (Å²) >= 11 is 0. The number of piperidine rings is 4. The zero-order valence-electron chi connectivity index (χ0n) is 28.3. The summed E-state index contributed by atoms with van der Waals surface area (Å²) in [7, 11) is 0. The van der Waals surface area contributed by atoms with Gasteiger partial charge in [0.1, 0.15) is 5.82 Å². The topological polar surface area (TPSA) is 137 Å². The second kappa shape index (κ2) is 14.9. The van der Waals surface area contributed by atoms with Crippen LogP contribution in [0.25, 0.3) is 0 Å². The molecule has 4 N–H and O–H groups in total. The van der Waals surface area contributed by atoms with Crippen molar-refractivity contribution in [3.8, 4) is 0 Å². The fourth-order valence-corrected chi connectivity index (χ4v) is 8.01. The average Bonchev–Trinajstić information content (AvgIpc) is 3.13. The number of carbonyl (C=O) groups excluding carboxylic acids is 3. The smallest absolute Gasteiger partial charge is 0.271 e. The van der Waals surface area contributed by atoms with Gasteiger partial charge in [0.15, 0.2) is 11.5 Å². The van der Waals surface area contributed by atoms with E-state index in [-0.39, 0.29) is 23.4 Å². The van der Waals surface area contributed by atoms with E-state index in [0.29, 0.717) is 30.5 Å². The van der Waals surface area contributed by atoms with Gasteiger partial charge < -0.3 is 25.8 Å². The molecule has 4 aliphatic heterocycles. The summed E-state index contributed by atoms with van der Waals surface area (Å²) in [5, 5.41) is 5.78. The highest BCUT2D eigenvalue weighted by atomic mass is 16.2. The van der Waals surface area contributed by atoms with Gasteiger partial charge >= 0.3 is 0 Å². The van der Waals surface area contributed by atoms with Gasteiger partial charge in [-0.25, -0.2) is 9.97 Å².